The molecular formula is C14H12FN3O2. The first kappa shape index (κ1) is 12.4. The number of halogens is 1. The molecule has 0 atom stereocenters. The number of hydrogen-bond acceptors (Lipinski definition) is 2. The molecule has 0 saturated heterocycles. The van der Waals surface area contributed by atoms with Crippen LogP contribution in [0.25, 0.3) is 10.9 Å². The number of carboxylic acid groups (broad SMARTS) is 1. The standard InChI is InChI=1S/C14H12FN3O2/c1-17-6-9(5-16-17)7-18-8-10(14(19)20)13-11(15)3-2-4-12(13)18/h2-6,8H,7H2,1H3,(H,19,20). The Labute approximate surface area is 113 Å². The van der Waals surface area contributed by atoms with Crippen LogP contribution >= 0.6 is 0 Å². The number of hydrogen-bond donors (Lipinski definition) is 1. The van der Waals surface area contributed by atoms with E-state index in [-0.39, 0.29) is 10.9 Å². The van der Waals surface area contributed by atoms with Gasteiger partial charge in [-0.1, -0.05) is 6.07 Å². The van der Waals surface area contributed by atoms with Crippen molar-refractivity contribution in [3.05, 3.63) is 53.7 Å². The summed E-state index contributed by atoms with van der Waals surface area (Å²) in [6, 6.07) is 4.55. The van der Waals surface area contributed by atoms with Crippen LogP contribution in [-0.4, -0.2) is 25.4 Å². The first-order valence-electron chi connectivity index (χ1n) is 6.04. The van der Waals surface area contributed by atoms with E-state index in [0.717, 1.165) is 5.56 Å². The summed E-state index contributed by atoms with van der Waals surface area (Å²) in [5, 5.41) is 13.4. The fourth-order valence-corrected chi connectivity index (χ4v) is 2.35. The third-order valence-corrected chi connectivity index (χ3v) is 3.20. The number of carbonyl (C=O) groups is 1. The van der Waals surface area contributed by atoms with Crippen molar-refractivity contribution < 1.29 is 14.3 Å². The second-order valence-corrected chi connectivity index (χ2v) is 4.63. The molecule has 0 amide bonds. The number of fused-ring (bicyclic) bond motifs is 1. The van der Waals surface area contributed by atoms with E-state index in [4.69, 9.17) is 0 Å². The smallest absolute Gasteiger partial charge is 0.337 e. The van der Waals surface area contributed by atoms with Crippen LogP contribution in [0.1, 0.15) is 15.9 Å². The number of rotatable bonds is 3. The first-order valence-corrected chi connectivity index (χ1v) is 6.04. The van der Waals surface area contributed by atoms with Crippen LogP contribution in [0.4, 0.5) is 4.39 Å². The molecule has 1 N–H and O–H groups in total. The van der Waals surface area contributed by atoms with Crippen LogP contribution in [-0.2, 0) is 13.6 Å². The van der Waals surface area contributed by atoms with Gasteiger partial charge in [-0.05, 0) is 12.1 Å². The number of aromatic carboxylic acids is 1. The van der Waals surface area contributed by atoms with Crippen molar-refractivity contribution in [3.63, 3.8) is 0 Å². The molecule has 2 heterocycles. The maximum atomic E-state index is 13.9. The van der Waals surface area contributed by atoms with E-state index in [2.05, 4.69) is 5.10 Å². The molecule has 0 aliphatic carbocycles. The van der Waals surface area contributed by atoms with Crippen molar-refractivity contribution in [3.8, 4) is 0 Å². The van der Waals surface area contributed by atoms with Gasteiger partial charge in [0.1, 0.15) is 5.82 Å². The maximum absolute atomic E-state index is 13.9. The van der Waals surface area contributed by atoms with Gasteiger partial charge in [-0.3, -0.25) is 4.68 Å². The highest BCUT2D eigenvalue weighted by Crippen LogP contribution is 2.25. The zero-order valence-corrected chi connectivity index (χ0v) is 10.7. The van der Waals surface area contributed by atoms with Gasteiger partial charge < -0.3 is 9.67 Å². The van der Waals surface area contributed by atoms with Gasteiger partial charge in [0.15, 0.2) is 0 Å². The number of benzene rings is 1. The predicted octanol–water partition coefficient (Wildman–Crippen LogP) is 2.26. The zero-order valence-electron chi connectivity index (χ0n) is 10.7. The minimum Gasteiger partial charge on any atom is -0.478 e. The van der Waals surface area contributed by atoms with E-state index in [1.54, 1.807) is 34.6 Å². The van der Waals surface area contributed by atoms with Crippen LogP contribution in [0.5, 0.6) is 0 Å². The van der Waals surface area contributed by atoms with Crippen LogP contribution in [0.15, 0.2) is 36.8 Å². The molecule has 0 spiro atoms. The van der Waals surface area contributed by atoms with E-state index in [0.29, 0.717) is 12.1 Å². The summed E-state index contributed by atoms with van der Waals surface area (Å²) in [6.45, 7) is 0.446. The van der Waals surface area contributed by atoms with Gasteiger partial charge in [0.25, 0.3) is 0 Å². The highest BCUT2D eigenvalue weighted by molar-refractivity contribution is 6.03. The molecule has 0 unspecified atom stereocenters. The molecule has 0 aliphatic heterocycles. The maximum Gasteiger partial charge on any atom is 0.337 e. The summed E-state index contributed by atoms with van der Waals surface area (Å²) in [5.41, 5.74) is 1.46. The SMILES string of the molecule is Cn1cc(Cn2cc(C(=O)O)c3c(F)cccc32)cn1. The molecule has 0 saturated carbocycles. The largest absolute Gasteiger partial charge is 0.478 e. The summed E-state index contributed by atoms with van der Waals surface area (Å²) in [4.78, 5) is 11.2. The van der Waals surface area contributed by atoms with Crippen molar-refractivity contribution in [2.75, 3.05) is 0 Å². The fraction of sp³-hybridized carbons (Fsp3) is 0.143. The molecular weight excluding hydrogens is 261 g/mol. The number of aryl methyl sites for hydroxylation is 1. The van der Waals surface area contributed by atoms with Gasteiger partial charge in [-0.2, -0.15) is 5.10 Å². The summed E-state index contributed by atoms with van der Waals surface area (Å²) in [5.74, 6) is -1.66. The quantitative estimate of drug-likeness (QED) is 0.796. The summed E-state index contributed by atoms with van der Waals surface area (Å²) < 4.78 is 17.3. The van der Waals surface area contributed by atoms with Gasteiger partial charge >= 0.3 is 5.97 Å². The van der Waals surface area contributed by atoms with Gasteiger partial charge in [0.05, 0.1) is 23.8 Å². The van der Waals surface area contributed by atoms with E-state index < -0.39 is 11.8 Å². The molecule has 20 heavy (non-hydrogen) atoms. The Morgan fingerprint density at radius 3 is 2.85 bits per heavy atom. The number of nitrogens with zero attached hydrogens (tertiary/aromatic N) is 3. The molecule has 3 rings (SSSR count). The highest BCUT2D eigenvalue weighted by atomic mass is 19.1. The monoisotopic (exact) mass is 273 g/mol. The van der Waals surface area contributed by atoms with Gasteiger partial charge in [0.2, 0.25) is 0 Å². The Kier molecular flexibility index (Phi) is 2.78. The Morgan fingerprint density at radius 1 is 1.40 bits per heavy atom. The molecule has 6 heteroatoms. The molecule has 0 fully saturated rings. The van der Waals surface area contributed by atoms with Crippen LogP contribution in [0.2, 0.25) is 0 Å². The van der Waals surface area contributed by atoms with E-state index in [1.165, 1.54) is 12.3 Å². The van der Waals surface area contributed by atoms with Crippen molar-refractivity contribution in [2.24, 2.45) is 7.05 Å². The third-order valence-electron chi connectivity index (χ3n) is 3.20. The fourth-order valence-electron chi connectivity index (χ4n) is 2.35. The van der Waals surface area contributed by atoms with Crippen molar-refractivity contribution in [2.45, 2.75) is 6.54 Å². The van der Waals surface area contributed by atoms with Gasteiger partial charge in [-0.15, -0.1) is 0 Å². The average Bonchev–Trinajstić information content (AvgIpc) is 2.96. The number of aromatic nitrogens is 3. The highest BCUT2D eigenvalue weighted by Gasteiger charge is 2.17. The van der Waals surface area contributed by atoms with Gasteiger partial charge in [-0.25, -0.2) is 9.18 Å². The molecule has 5 nitrogen and oxygen atoms in total. The average molecular weight is 273 g/mol. The lowest BCUT2D eigenvalue weighted by atomic mass is 10.1. The van der Waals surface area contributed by atoms with Crippen LogP contribution in [0, 0.1) is 5.82 Å². The topological polar surface area (TPSA) is 60.0 Å². The second kappa shape index (κ2) is 4.48. The molecule has 0 aliphatic rings. The van der Waals surface area contributed by atoms with Crippen LogP contribution in [0.3, 0.4) is 0 Å². The molecule has 0 radical (unpaired) electrons. The lowest BCUT2D eigenvalue weighted by Crippen LogP contribution is -1.98. The number of carboxylic acids is 1. The first-order chi connectivity index (χ1) is 9.56. The summed E-state index contributed by atoms with van der Waals surface area (Å²) in [7, 11) is 1.81. The van der Waals surface area contributed by atoms with Gasteiger partial charge in [0, 0.05) is 30.4 Å². The molecule has 1 aromatic carbocycles. The Hall–Kier alpha value is -2.63. The normalized spacial score (nSPS) is 11.1. The second-order valence-electron chi connectivity index (χ2n) is 4.63. The van der Waals surface area contributed by atoms with Crippen molar-refractivity contribution >= 4 is 16.9 Å². The van der Waals surface area contributed by atoms with Crippen molar-refractivity contribution in [1.29, 1.82) is 0 Å². The minimum atomic E-state index is -1.13. The molecule has 2 aromatic heterocycles. The molecule has 0 bridgehead atoms. The lowest BCUT2D eigenvalue weighted by Gasteiger charge is -2.02. The Bertz CT molecular complexity index is 804. The molecule has 3 aromatic rings. The Balaban J connectivity index is 2.16. The van der Waals surface area contributed by atoms with E-state index >= 15 is 0 Å². The minimum absolute atomic E-state index is 0.0259. The van der Waals surface area contributed by atoms with Crippen molar-refractivity contribution in [1.82, 2.24) is 14.3 Å². The Morgan fingerprint density at radius 2 is 2.20 bits per heavy atom. The van der Waals surface area contributed by atoms with E-state index in [9.17, 15) is 14.3 Å². The molecule has 102 valence electrons. The third kappa shape index (κ3) is 1.95. The van der Waals surface area contributed by atoms with Crippen LogP contribution < -0.4 is 0 Å². The summed E-state index contributed by atoms with van der Waals surface area (Å²) >= 11 is 0. The van der Waals surface area contributed by atoms with E-state index in [1.807, 2.05) is 6.20 Å². The summed E-state index contributed by atoms with van der Waals surface area (Å²) in [6.07, 6.45) is 5.00. The predicted molar refractivity (Wildman–Crippen MR) is 71.2 cm³/mol. The zero-order chi connectivity index (χ0) is 14.3. The lowest BCUT2D eigenvalue weighted by molar-refractivity contribution is 0.0698.